The van der Waals surface area contributed by atoms with Gasteiger partial charge in [-0.25, -0.2) is 4.98 Å². The van der Waals surface area contributed by atoms with Crippen LogP contribution in [0.2, 0.25) is 0 Å². The van der Waals surface area contributed by atoms with Crippen LogP contribution in [0.1, 0.15) is 6.92 Å². The summed E-state index contributed by atoms with van der Waals surface area (Å²) in [6.45, 7) is 2.38. The maximum Gasteiger partial charge on any atom is 0.263 e. The molecule has 0 radical (unpaired) electrons. The number of carbonyl (C=O) groups is 1. The van der Waals surface area contributed by atoms with Gasteiger partial charge in [-0.3, -0.25) is 14.2 Å². The molecular formula is C14H13N3O2S2. The Morgan fingerprint density at radius 2 is 2.29 bits per heavy atom. The van der Waals surface area contributed by atoms with Gasteiger partial charge in [0.25, 0.3) is 5.56 Å². The quantitative estimate of drug-likeness (QED) is 0.802. The molecule has 0 unspecified atom stereocenters. The second kappa shape index (κ2) is 5.79. The Labute approximate surface area is 128 Å². The molecule has 0 saturated heterocycles. The van der Waals surface area contributed by atoms with E-state index in [1.165, 1.54) is 22.2 Å². The van der Waals surface area contributed by atoms with Crippen LogP contribution in [0.5, 0.6) is 0 Å². The fourth-order valence-electron chi connectivity index (χ4n) is 2.10. The summed E-state index contributed by atoms with van der Waals surface area (Å²) in [4.78, 5) is 30.3. The van der Waals surface area contributed by atoms with Gasteiger partial charge in [0.05, 0.1) is 11.7 Å². The van der Waals surface area contributed by atoms with Gasteiger partial charge >= 0.3 is 0 Å². The van der Waals surface area contributed by atoms with E-state index in [0.29, 0.717) is 16.8 Å². The Kier molecular flexibility index (Phi) is 3.85. The molecule has 0 bridgehead atoms. The first-order valence-corrected chi connectivity index (χ1v) is 8.24. The van der Waals surface area contributed by atoms with Crippen LogP contribution in [-0.4, -0.2) is 22.0 Å². The normalized spacial score (nSPS) is 10.9. The third-order valence-electron chi connectivity index (χ3n) is 3.04. The summed E-state index contributed by atoms with van der Waals surface area (Å²) in [5.74, 6) is -0.186. The summed E-state index contributed by atoms with van der Waals surface area (Å²) in [6.07, 6.45) is 1.44. The molecule has 3 heterocycles. The minimum Gasteiger partial charge on any atom is -0.355 e. The van der Waals surface area contributed by atoms with E-state index >= 15 is 0 Å². The van der Waals surface area contributed by atoms with Crippen molar-refractivity contribution in [3.63, 3.8) is 0 Å². The molecule has 0 aliphatic heterocycles. The number of hydrogen-bond donors (Lipinski definition) is 1. The standard InChI is InChI=1S/C14H13N3O2S2/c1-2-15-11(18)6-17-8-16-13-12(14(17)19)9(7-21-13)10-4-3-5-20-10/h3-5,7-8H,2,6H2,1H3,(H,15,18). The third kappa shape index (κ3) is 2.62. The predicted octanol–water partition coefficient (Wildman–Crippen LogP) is 2.32. The Hall–Kier alpha value is -1.99. The largest absolute Gasteiger partial charge is 0.355 e. The van der Waals surface area contributed by atoms with Crippen molar-refractivity contribution in [1.29, 1.82) is 0 Å². The van der Waals surface area contributed by atoms with Gasteiger partial charge in [-0.05, 0) is 18.4 Å². The fourth-order valence-corrected chi connectivity index (χ4v) is 3.82. The first kappa shape index (κ1) is 14.0. The topological polar surface area (TPSA) is 64.0 Å². The highest BCUT2D eigenvalue weighted by molar-refractivity contribution is 7.18. The van der Waals surface area contributed by atoms with Gasteiger partial charge in [0.1, 0.15) is 11.4 Å². The van der Waals surface area contributed by atoms with Crippen LogP contribution in [0.15, 0.2) is 34.0 Å². The van der Waals surface area contributed by atoms with Gasteiger partial charge in [0, 0.05) is 22.4 Å². The molecule has 1 amide bonds. The van der Waals surface area contributed by atoms with E-state index in [9.17, 15) is 9.59 Å². The van der Waals surface area contributed by atoms with Crippen LogP contribution in [0.3, 0.4) is 0 Å². The highest BCUT2D eigenvalue weighted by Gasteiger charge is 2.14. The lowest BCUT2D eigenvalue weighted by molar-refractivity contribution is -0.121. The van der Waals surface area contributed by atoms with Crippen molar-refractivity contribution in [2.24, 2.45) is 0 Å². The first-order chi connectivity index (χ1) is 10.2. The Balaban J connectivity index is 2.09. The molecule has 0 saturated carbocycles. The Bertz CT molecular complexity index is 834. The van der Waals surface area contributed by atoms with Crippen molar-refractivity contribution in [2.75, 3.05) is 6.54 Å². The van der Waals surface area contributed by atoms with Crippen molar-refractivity contribution < 1.29 is 4.79 Å². The van der Waals surface area contributed by atoms with Gasteiger partial charge in [-0.15, -0.1) is 22.7 Å². The summed E-state index contributed by atoms with van der Waals surface area (Å²) in [7, 11) is 0. The molecule has 5 nitrogen and oxygen atoms in total. The molecule has 0 aliphatic rings. The average Bonchev–Trinajstić information content (AvgIpc) is 3.10. The first-order valence-electron chi connectivity index (χ1n) is 6.48. The van der Waals surface area contributed by atoms with Gasteiger partial charge < -0.3 is 5.32 Å². The maximum absolute atomic E-state index is 12.6. The molecule has 7 heteroatoms. The lowest BCUT2D eigenvalue weighted by Crippen LogP contribution is -2.32. The summed E-state index contributed by atoms with van der Waals surface area (Å²) in [6, 6.07) is 3.93. The lowest BCUT2D eigenvalue weighted by Gasteiger charge is -2.05. The molecule has 0 aromatic carbocycles. The van der Waals surface area contributed by atoms with Crippen LogP contribution in [-0.2, 0) is 11.3 Å². The average molecular weight is 319 g/mol. The van der Waals surface area contributed by atoms with Crippen molar-refractivity contribution >= 4 is 38.8 Å². The van der Waals surface area contributed by atoms with E-state index in [1.54, 1.807) is 11.3 Å². The number of nitrogens with one attached hydrogen (secondary N) is 1. The molecule has 1 N–H and O–H groups in total. The molecule has 0 atom stereocenters. The van der Waals surface area contributed by atoms with Crippen molar-refractivity contribution in [2.45, 2.75) is 13.5 Å². The maximum atomic E-state index is 12.6. The number of aromatic nitrogens is 2. The molecular weight excluding hydrogens is 306 g/mol. The summed E-state index contributed by atoms with van der Waals surface area (Å²) in [5, 5.41) is 7.20. The summed E-state index contributed by atoms with van der Waals surface area (Å²) < 4.78 is 1.36. The number of hydrogen-bond acceptors (Lipinski definition) is 5. The van der Waals surface area contributed by atoms with E-state index < -0.39 is 0 Å². The lowest BCUT2D eigenvalue weighted by atomic mass is 10.2. The SMILES string of the molecule is CCNC(=O)Cn1cnc2scc(-c3cccs3)c2c1=O. The fraction of sp³-hybridized carbons (Fsp3) is 0.214. The van der Waals surface area contributed by atoms with E-state index in [2.05, 4.69) is 10.3 Å². The zero-order valence-corrected chi connectivity index (χ0v) is 13.0. The minimum absolute atomic E-state index is 0.00462. The number of nitrogens with zero attached hydrogens (tertiary/aromatic N) is 2. The zero-order valence-electron chi connectivity index (χ0n) is 11.3. The highest BCUT2D eigenvalue weighted by Crippen LogP contribution is 2.33. The molecule has 0 fully saturated rings. The highest BCUT2D eigenvalue weighted by atomic mass is 32.1. The molecule has 0 aliphatic carbocycles. The van der Waals surface area contributed by atoms with Crippen molar-refractivity contribution in [1.82, 2.24) is 14.9 Å². The molecule has 3 aromatic heterocycles. The zero-order chi connectivity index (χ0) is 14.8. The number of amides is 1. The van der Waals surface area contributed by atoms with E-state index in [4.69, 9.17) is 0 Å². The van der Waals surface area contributed by atoms with Gasteiger partial charge in [0.15, 0.2) is 0 Å². The number of likely N-dealkylation sites (N-methyl/N-ethyl adjacent to an activating group) is 1. The molecule has 3 rings (SSSR count). The Morgan fingerprint density at radius 1 is 1.43 bits per heavy atom. The van der Waals surface area contributed by atoms with Crippen LogP contribution in [0.25, 0.3) is 20.7 Å². The molecule has 21 heavy (non-hydrogen) atoms. The van der Waals surface area contributed by atoms with Gasteiger partial charge in [-0.2, -0.15) is 0 Å². The number of rotatable bonds is 4. The number of thiophene rings is 2. The second-order valence-electron chi connectivity index (χ2n) is 4.44. The van der Waals surface area contributed by atoms with E-state index in [0.717, 1.165) is 10.4 Å². The predicted molar refractivity (Wildman–Crippen MR) is 85.9 cm³/mol. The van der Waals surface area contributed by atoms with Crippen LogP contribution in [0, 0.1) is 0 Å². The Morgan fingerprint density at radius 3 is 3.00 bits per heavy atom. The third-order valence-corrected chi connectivity index (χ3v) is 4.82. The molecule has 0 spiro atoms. The van der Waals surface area contributed by atoms with Crippen LogP contribution in [0.4, 0.5) is 0 Å². The van der Waals surface area contributed by atoms with Gasteiger partial charge in [0.2, 0.25) is 5.91 Å². The van der Waals surface area contributed by atoms with Gasteiger partial charge in [-0.1, -0.05) is 6.07 Å². The monoisotopic (exact) mass is 319 g/mol. The minimum atomic E-state index is -0.186. The molecule has 108 valence electrons. The van der Waals surface area contributed by atoms with Crippen LogP contribution < -0.4 is 10.9 Å². The summed E-state index contributed by atoms with van der Waals surface area (Å²) >= 11 is 3.03. The number of carbonyl (C=O) groups excluding carboxylic acids is 1. The van der Waals surface area contributed by atoms with E-state index in [1.807, 2.05) is 29.8 Å². The van der Waals surface area contributed by atoms with Crippen molar-refractivity contribution in [3.05, 3.63) is 39.6 Å². The van der Waals surface area contributed by atoms with E-state index in [-0.39, 0.29) is 18.0 Å². The smallest absolute Gasteiger partial charge is 0.263 e. The summed E-state index contributed by atoms with van der Waals surface area (Å²) in [5.41, 5.74) is 0.726. The van der Waals surface area contributed by atoms with Crippen LogP contribution >= 0.6 is 22.7 Å². The van der Waals surface area contributed by atoms with Crippen molar-refractivity contribution in [3.8, 4) is 10.4 Å². The number of fused-ring (bicyclic) bond motifs is 1. The molecule has 3 aromatic rings. The second-order valence-corrected chi connectivity index (χ2v) is 6.24.